The number of furan rings is 1. The molecule has 0 fully saturated rings. The summed E-state index contributed by atoms with van der Waals surface area (Å²) in [7, 11) is 0. The predicted octanol–water partition coefficient (Wildman–Crippen LogP) is 16.0. The summed E-state index contributed by atoms with van der Waals surface area (Å²) < 4.78 is 6.93. The summed E-state index contributed by atoms with van der Waals surface area (Å²) in [6, 6.07) is 80.6. The molecular formula is C56H37NO. The lowest BCUT2D eigenvalue weighted by atomic mass is 9.94. The van der Waals surface area contributed by atoms with Crippen LogP contribution in [-0.4, -0.2) is 0 Å². The maximum Gasteiger partial charge on any atom is 0.145 e. The minimum atomic E-state index is 0.860. The van der Waals surface area contributed by atoms with Gasteiger partial charge in [-0.1, -0.05) is 188 Å². The highest BCUT2D eigenvalue weighted by atomic mass is 16.3. The van der Waals surface area contributed by atoms with Crippen LogP contribution in [0.4, 0.5) is 17.1 Å². The van der Waals surface area contributed by atoms with E-state index in [2.05, 4.69) is 229 Å². The van der Waals surface area contributed by atoms with Crippen LogP contribution in [0.3, 0.4) is 0 Å². The molecule has 0 aliphatic carbocycles. The van der Waals surface area contributed by atoms with Crippen molar-refractivity contribution in [2.75, 3.05) is 4.90 Å². The molecule has 1 aromatic heterocycles. The van der Waals surface area contributed by atoms with Crippen LogP contribution < -0.4 is 4.90 Å². The van der Waals surface area contributed by atoms with Gasteiger partial charge in [-0.3, -0.25) is 0 Å². The van der Waals surface area contributed by atoms with Gasteiger partial charge in [0.15, 0.2) is 0 Å². The molecular weight excluding hydrogens is 703 g/mol. The van der Waals surface area contributed by atoms with Crippen LogP contribution in [0.1, 0.15) is 0 Å². The number of para-hydroxylation sites is 1. The van der Waals surface area contributed by atoms with Gasteiger partial charge in [0.05, 0.1) is 22.4 Å². The van der Waals surface area contributed by atoms with Crippen LogP contribution in [0.25, 0.3) is 88.0 Å². The molecule has 0 unspecified atom stereocenters. The minimum absolute atomic E-state index is 0.860. The average molecular weight is 740 g/mol. The zero-order valence-corrected chi connectivity index (χ0v) is 31.7. The fourth-order valence-corrected chi connectivity index (χ4v) is 8.70. The quantitative estimate of drug-likeness (QED) is 0.151. The Bertz CT molecular complexity index is 3260. The Hall–Kier alpha value is -7.68. The molecule has 58 heavy (non-hydrogen) atoms. The summed E-state index contributed by atoms with van der Waals surface area (Å²) in [5, 5.41) is 7.00. The fourth-order valence-electron chi connectivity index (χ4n) is 8.70. The highest BCUT2D eigenvalue weighted by Gasteiger charge is 2.26. The van der Waals surface area contributed by atoms with E-state index >= 15 is 0 Å². The molecule has 2 heteroatoms. The zero-order chi connectivity index (χ0) is 38.4. The Morgan fingerprint density at radius 3 is 1.60 bits per heavy atom. The molecule has 10 aromatic carbocycles. The molecule has 1 heterocycles. The van der Waals surface area contributed by atoms with Gasteiger partial charge in [0, 0.05) is 21.9 Å². The number of rotatable bonds is 7. The van der Waals surface area contributed by atoms with E-state index in [9.17, 15) is 0 Å². The van der Waals surface area contributed by atoms with Crippen LogP contribution in [0, 0.1) is 0 Å². The maximum absolute atomic E-state index is 6.93. The van der Waals surface area contributed by atoms with Gasteiger partial charge in [0.25, 0.3) is 0 Å². The monoisotopic (exact) mass is 739 g/mol. The van der Waals surface area contributed by atoms with Gasteiger partial charge in [-0.25, -0.2) is 0 Å². The van der Waals surface area contributed by atoms with Crippen molar-refractivity contribution < 1.29 is 4.42 Å². The van der Waals surface area contributed by atoms with E-state index in [0.717, 1.165) is 61.3 Å². The number of anilines is 3. The lowest BCUT2D eigenvalue weighted by Gasteiger charge is -2.30. The second kappa shape index (κ2) is 14.1. The van der Waals surface area contributed by atoms with Crippen molar-refractivity contribution >= 4 is 60.5 Å². The molecule has 0 bridgehead atoms. The summed E-state index contributed by atoms with van der Waals surface area (Å²) >= 11 is 0. The third-order valence-electron chi connectivity index (χ3n) is 11.5. The Morgan fingerprint density at radius 2 is 0.845 bits per heavy atom. The van der Waals surface area contributed by atoms with Crippen molar-refractivity contribution in [1.29, 1.82) is 0 Å². The second-order valence-corrected chi connectivity index (χ2v) is 14.8. The molecule has 0 spiro atoms. The maximum atomic E-state index is 6.93. The van der Waals surface area contributed by atoms with E-state index in [-0.39, 0.29) is 0 Å². The van der Waals surface area contributed by atoms with Crippen molar-refractivity contribution in [3.8, 4) is 44.5 Å². The largest absolute Gasteiger partial charge is 0.455 e. The highest BCUT2D eigenvalue weighted by Crippen LogP contribution is 2.50. The summed E-state index contributed by atoms with van der Waals surface area (Å²) in [4.78, 5) is 2.47. The van der Waals surface area contributed by atoms with Crippen LogP contribution in [-0.2, 0) is 0 Å². The van der Waals surface area contributed by atoms with Crippen molar-refractivity contribution in [1.82, 2.24) is 0 Å². The Balaban J connectivity index is 1.21. The minimum Gasteiger partial charge on any atom is -0.455 e. The van der Waals surface area contributed by atoms with Crippen LogP contribution in [0.5, 0.6) is 0 Å². The number of benzene rings is 10. The first-order valence-corrected chi connectivity index (χ1v) is 19.8. The molecule has 0 atom stereocenters. The smallest absolute Gasteiger partial charge is 0.145 e. The molecule has 2 nitrogen and oxygen atoms in total. The first kappa shape index (κ1) is 33.6. The fraction of sp³-hybridized carbons (Fsp3) is 0. The second-order valence-electron chi connectivity index (χ2n) is 14.8. The molecule has 272 valence electrons. The van der Waals surface area contributed by atoms with Crippen LogP contribution >= 0.6 is 0 Å². The average Bonchev–Trinajstić information content (AvgIpc) is 3.70. The molecule has 0 N–H and O–H groups in total. The van der Waals surface area contributed by atoms with E-state index < -0.39 is 0 Å². The summed E-state index contributed by atoms with van der Waals surface area (Å²) in [6.07, 6.45) is 0. The molecule has 0 aliphatic rings. The summed E-state index contributed by atoms with van der Waals surface area (Å²) in [5.74, 6) is 0. The van der Waals surface area contributed by atoms with Gasteiger partial charge in [0.1, 0.15) is 11.2 Å². The van der Waals surface area contributed by atoms with Gasteiger partial charge >= 0.3 is 0 Å². The van der Waals surface area contributed by atoms with Gasteiger partial charge in [-0.15, -0.1) is 0 Å². The summed E-state index contributed by atoms with van der Waals surface area (Å²) in [5.41, 5.74) is 14.1. The molecule has 11 rings (SSSR count). The molecule has 0 saturated heterocycles. The molecule has 0 aliphatic heterocycles. The van der Waals surface area contributed by atoms with Gasteiger partial charge in [-0.05, 0) is 85.9 Å². The predicted molar refractivity (Wildman–Crippen MR) is 245 cm³/mol. The first-order valence-electron chi connectivity index (χ1n) is 19.8. The van der Waals surface area contributed by atoms with Gasteiger partial charge in [-0.2, -0.15) is 0 Å². The Morgan fingerprint density at radius 1 is 0.293 bits per heavy atom. The number of hydrogen-bond acceptors (Lipinski definition) is 2. The normalized spacial score (nSPS) is 11.4. The van der Waals surface area contributed by atoms with E-state index in [0.29, 0.717) is 0 Å². The first-order chi connectivity index (χ1) is 28.8. The Labute approximate surface area is 337 Å². The molecule has 11 aromatic rings. The SMILES string of the molecule is c1ccc(-c2ccc(-c3ccc(N(c4ccc(-c5ccccc5)cc4-c4ccccc4)c4cccc5c4ccc4ccccc45)c4c3oc3ccccc34)cc2)cc1. The van der Waals surface area contributed by atoms with Crippen molar-refractivity contribution in [3.63, 3.8) is 0 Å². The van der Waals surface area contributed by atoms with Crippen molar-refractivity contribution in [2.24, 2.45) is 0 Å². The standard InChI is InChI=1S/C56H37NO/c1-4-15-38(16-5-1)40-27-29-43(30-28-40)46-34-36-53(55-49-23-12-13-26-54(49)58-56(46)55)57(51-25-14-24-47-45-22-11-10-21-42(45)31-33-48(47)51)52-35-32-44(39-17-6-2-7-18-39)37-50(52)41-19-8-3-9-20-41/h1-37H. The van der Waals surface area contributed by atoms with Gasteiger partial charge < -0.3 is 9.32 Å². The van der Waals surface area contributed by atoms with Crippen molar-refractivity contribution in [3.05, 3.63) is 224 Å². The van der Waals surface area contributed by atoms with E-state index in [1.165, 1.54) is 43.8 Å². The summed E-state index contributed by atoms with van der Waals surface area (Å²) in [6.45, 7) is 0. The lowest BCUT2D eigenvalue weighted by Crippen LogP contribution is -2.12. The van der Waals surface area contributed by atoms with Crippen molar-refractivity contribution in [2.45, 2.75) is 0 Å². The molecule has 0 saturated carbocycles. The van der Waals surface area contributed by atoms with E-state index in [1.54, 1.807) is 0 Å². The molecule has 0 amide bonds. The van der Waals surface area contributed by atoms with Gasteiger partial charge in [0.2, 0.25) is 0 Å². The topological polar surface area (TPSA) is 16.4 Å². The lowest BCUT2D eigenvalue weighted by molar-refractivity contribution is 0.670. The third-order valence-corrected chi connectivity index (χ3v) is 11.5. The van der Waals surface area contributed by atoms with Crippen LogP contribution in [0.2, 0.25) is 0 Å². The van der Waals surface area contributed by atoms with E-state index in [4.69, 9.17) is 4.42 Å². The zero-order valence-electron chi connectivity index (χ0n) is 31.7. The van der Waals surface area contributed by atoms with Crippen LogP contribution in [0.15, 0.2) is 229 Å². The van der Waals surface area contributed by atoms with E-state index in [1.807, 2.05) is 0 Å². The molecule has 0 radical (unpaired) electrons. The number of nitrogens with zero attached hydrogens (tertiary/aromatic N) is 1. The number of hydrogen-bond donors (Lipinski definition) is 0. The third kappa shape index (κ3) is 5.74. The number of fused-ring (bicyclic) bond motifs is 6. The highest BCUT2D eigenvalue weighted by molar-refractivity contribution is 6.20. The Kier molecular flexibility index (Phi) is 8.19.